The van der Waals surface area contributed by atoms with Gasteiger partial charge in [0.25, 0.3) is 5.91 Å². The minimum Gasteiger partial charge on any atom is -0.340 e. The van der Waals surface area contributed by atoms with Crippen molar-refractivity contribution < 1.29 is 14.4 Å². The summed E-state index contributed by atoms with van der Waals surface area (Å²) >= 11 is 3.39. The van der Waals surface area contributed by atoms with Crippen molar-refractivity contribution in [3.05, 3.63) is 63.6 Å². The van der Waals surface area contributed by atoms with Gasteiger partial charge in [-0.1, -0.05) is 48.0 Å². The lowest BCUT2D eigenvalue weighted by atomic mass is 10.0. The Morgan fingerprint density at radius 2 is 1.70 bits per heavy atom. The quantitative estimate of drug-likeness (QED) is 0.639. The van der Waals surface area contributed by atoms with Crippen LogP contribution >= 0.6 is 15.9 Å². The van der Waals surface area contributed by atoms with Crippen molar-refractivity contribution >= 4 is 39.3 Å². The molecule has 2 N–H and O–H groups in total. The van der Waals surface area contributed by atoms with Gasteiger partial charge in [0.1, 0.15) is 6.04 Å². The smallest absolute Gasteiger partial charge is 0.252 e. The maximum Gasteiger partial charge on any atom is 0.252 e. The molecule has 2 aromatic carbocycles. The molecule has 1 atom stereocenters. The molecule has 0 unspecified atom stereocenters. The van der Waals surface area contributed by atoms with Gasteiger partial charge in [0.2, 0.25) is 11.8 Å². The minimum atomic E-state index is -0.732. The second kappa shape index (κ2) is 10.4. The Morgan fingerprint density at radius 1 is 1.03 bits per heavy atom. The number of hydrogen-bond acceptors (Lipinski definition) is 3. The van der Waals surface area contributed by atoms with Gasteiger partial charge in [-0.15, -0.1) is 0 Å². The molecule has 6 nitrogen and oxygen atoms in total. The predicted octanol–water partition coefficient (Wildman–Crippen LogP) is 3.92. The van der Waals surface area contributed by atoms with E-state index in [0.29, 0.717) is 11.3 Å². The largest absolute Gasteiger partial charge is 0.340 e. The number of hydrogen-bond donors (Lipinski definition) is 2. The lowest BCUT2D eigenvalue weighted by Gasteiger charge is -2.27. The molecule has 0 aromatic heterocycles. The third-order valence-electron chi connectivity index (χ3n) is 4.83. The van der Waals surface area contributed by atoms with Crippen molar-refractivity contribution in [3.8, 4) is 0 Å². The molecule has 30 heavy (non-hydrogen) atoms. The number of anilines is 1. The fraction of sp³-hybridized carbons (Fsp3) is 0.348. The first-order valence-electron chi connectivity index (χ1n) is 9.77. The third-order valence-corrected chi connectivity index (χ3v) is 5.32. The van der Waals surface area contributed by atoms with Crippen molar-refractivity contribution in [1.29, 1.82) is 0 Å². The highest BCUT2D eigenvalue weighted by atomic mass is 79.9. The standard InChI is InChI=1S/C23H28BrN3O3/c1-14(2)21(26-22(29)18-9-7-6-8-15(18)3)23(30)27(5)13-20(28)25-19-11-10-17(24)12-16(19)4/h6-12,14,21H,13H2,1-5H3,(H,25,28)(H,26,29)/t21-/m0/s1. The highest BCUT2D eigenvalue weighted by Crippen LogP contribution is 2.20. The van der Waals surface area contributed by atoms with Gasteiger partial charge in [0.05, 0.1) is 6.54 Å². The monoisotopic (exact) mass is 473 g/mol. The first-order valence-corrected chi connectivity index (χ1v) is 10.6. The van der Waals surface area contributed by atoms with Crippen LogP contribution in [-0.2, 0) is 9.59 Å². The zero-order valence-corrected chi connectivity index (χ0v) is 19.5. The van der Waals surface area contributed by atoms with Crippen LogP contribution in [0.4, 0.5) is 5.69 Å². The molecule has 0 saturated heterocycles. The average molecular weight is 474 g/mol. The molecule has 2 aromatic rings. The van der Waals surface area contributed by atoms with Crippen LogP contribution in [0, 0.1) is 19.8 Å². The molecule has 0 bridgehead atoms. The summed E-state index contributed by atoms with van der Waals surface area (Å²) in [6, 6.07) is 12.0. The minimum absolute atomic E-state index is 0.113. The van der Waals surface area contributed by atoms with E-state index >= 15 is 0 Å². The van der Waals surface area contributed by atoms with Gasteiger partial charge in [-0.05, 0) is 55.2 Å². The fourth-order valence-corrected chi connectivity index (χ4v) is 3.52. The van der Waals surface area contributed by atoms with Crippen molar-refractivity contribution in [2.75, 3.05) is 18.9 Å². The van der Waals surface area contributed by atoms with Crippen molar-refractivity contribution in [2.24, 2.45) is 5.92 Å². The maximum absolute atomic E-state index is 13.0. The number of rotatable bonds is 7. The van der Waals surface area contributed by atoms with Gasteiger partial charge in [-0.25, -0.2) is 0 Å². The number of nitrogens with one attached hydrogen (secondary N) is 2. The summed E-state index contributed by atoms with van der Waals surface area (Å²) in [6.07, 6.45) is 0. The molecule has 2 rings (SSSR count). The van der Waals surface area contributed by atoms with Crippen LogP contribution < -0.4 is 10.6 Å². The topological polar surface area (TPSA) is 78.5 Å². The van der Waals surface area contributed by atoms with E-state index in [4.69, 9.17) is 0 Å². The Kier molecular flexibility index (Phi) is 8.17. The summed E-state index contributed by atoms with van der Waals surface area (Å²) in [5.41, 5.74) is 2.97. The number of halogens is 1. The molecule has 0 aliphatic carbocycles. The molecule has 0 heterocycles. The van der Waals surface area contributed by atoms with Gasteiger partial charge in [0.15, 0.2) is 0 Å². The van der Waals surface area contributed by atoms with Crippen LogP contribution in [0.5, 0.6) is 0 Å². The van der Waals surface area contributed by atoms with E-state index in [0.717, 1.165) is 15.6 Å². The zero-order chi connectivity index (χ0) is 22.4. The van der Waals surface area contributed by atoms with Crippen LogP contribution in [0.15, 0.2) is 46.9 Å². The Labute approximate surface area is 186 Å². The van der Waals surface area contributed by atoms with Gasteiger partial charge in [-0.3, -0.25) is 14.4 Å². The van der Waals surface area contributed by atoms with Gasteiger partial charge in [0, 0.05) is 22.8 Å². The summed E-state index contributed by atoms with van der Waals surface area (Å²) in [5.74, 6) is -1.05. The number of carbonyl (C=O) groups excluding carboxylic acids is 3. The van der Waals surface area contributed by atoms with E-state index in [-0.39, 0.29) is 30.2 Å². The normalized spacial score (nSPS) is 11.7. The molecule has 3 amide bonds. The Balaban J connectivity index is 2.04. The summed E-state index contributed by atoms with van der Waals surface area (Å²) in [4.78, 5) is 39.4. The van der Waals surface area contributed by atoms with Gasteiger partial charge in [-0.2, -0.15) is 0 Å². The van der Waals surface area contributed by atoms with Crippen LogP contribution in [0.1, 0.15) is 35.3 Å². The molecule has 0 saturated carbocycles. The van der Waals surface area contributed by atoms with Crippen molar-refractivity contribution in [2.45, 2.75) is 33.7 Å². The van der Waals surface area contributed by atoms with Crippen molar-refractivity contribution in [3.63, 3.8) is 0 Å². The molecule has 160 valence electrons. The highest BCUT2D eigenvalue weighted by Gasteiger charge is 2.28. The fourth-order valence-electron chi connectivity index (χ4n) is 3.05. The van der Waals surface area contributed by atoms with E-state index in [1.165, 1.54) is 4.90 Å². The van der Waals surface area contributed by atoms with Crippen molar-refractivity contribution in [1.82, 2.24) is 10.2 Å². The van der Waals surface area contributed by atoms with E-state index in [1.54, 1.807) is 25.2 Å². The molecule has 0 spiro atoms. The lowest BCUT2D eigenvalue weighted by Crippen LogP contribution is -2.51. The molecule has 0 aliphatic rings. The highest BCUT2D eigenvalue weighted by molar-refractivity contribution is 9.10. The molecule has 0 radical (unpaired) electrons. The van der Waals surface area contributed by atoms with Gasteiger partial charge < -0.3 is 15.5 Å². The van der Waals surface area contributed by atoms with E-state index in [1.807, 2.05) is 52.0 Å². The number of aryl methyl sites for hydroxylation is 2. The summed E-state index contributed by atoms with van der Waals surface area (Å²) in [6.45, 7) is 7.35. The number of benzene rings is 2. The van der Waals surface area contributed by atoms with Gasteiger partial charge >= 0.3 is 0 Å². The molecule has 0 fully saturated rings. The first kappa shape index (κ1) is 23.6. The Morgan fingerprint density at radius 3 is 2.30 bits per heavy atom. The first-order chi connectivity index (χ1) is 14.1. The predicted molar refractivity (Wildman–Crippen MR) is 122 cm³/mol. The summed E-state index contributed by atoms with van der Waals surface area (Å²) in [7, 11) is 1.56. The zero-order valence-electron chi connectivity index (χ0n) is 18.0. The SMILES string of the molecule is Cc1cc(Br)ccc1NC(=O)CN(C)C(=O)[C@@H](NC(=O)c1ccccc1C)C(C)C. The average Bonchev–Trinajstić information content (AvgIpc) is 2.67. The second-order valence-electron chi connectivity index (χ2n) is 7.71. The van der Waals surface area contributed by atoms with Crippen LogP contribution in [0.25, 0.3) is 0 Å². The van der Waals surface area contributed by atoms with E-state index in [9.17, 15) is 14.4 Å². The number of likely N-dealkylation sites (N-methyl/N-ethyl adjacent to an activating group) is 1. The number of carbonyl (C=O) groups is 3. The number of amides is 3. The van der Waals surface area contributed by atoms with E-state index in [2.05, 4.69) is 26.6 Å². The van der Waals surface area contributed by atoms with Crippen LogP contribution in [0.2, 0.25) is 0 Å². The second-order valence-corrected chi connectivity index (χ2v) is 8.63. The lowest BCUT2D eigenvalue weighted by molar-refractivity contribution is -0.135. The molecular formula is C23H28BrN3O3. The molecule has 7 heteroatoms. The third kappa shape index (κ3) is 6.16. The molecular weight excluding hydrogens is 446 g/mol. The van der Waals surface area contributed by atoms with Crippen LogP contribution in [0.3, 0.4) is 0 Å². The maximum atomic E-state index is 13.0. The Hall–Kier alpha value is -2.67. The summed E-state index contributed by atoms with van der Waals surface area (Å²) in [5, 5.41) is 5.65. The molecule has 0 aliphatic heterocycles. The summed E-state index contributed by atoms with van der Waals surface area (Å²) < 4.78 is 0.925. The van der Waals surface area contributed by atoms with Crippen LogP contribution in [-0.4, -0.2) is 42.3 Å². The van der Waals surface area contributed by atoms with E-state index < -0.39 is 6.04 Å². The Bertz CT molecular complexity index is 943. The number of nitrogens with zero attached hydrogens (tertiary/aromatic N) is 1.